The maximum atomic E-state index is 14.2. The highest BCUT2D eigenvalue weighted by molar-refractivity contribution is 7.81. The van der Waals surface area contributed by atoms with Crippen molar-refractivity contribution in [2.24, 2.45) is 23.3 Å². The van der Waals surface area contributed by atoms with Gasteiger partial charge in [0, 0.05) is 19.1 Å². The number of hydrogen-bond acceptors (Lipinski definition) is 20. The van der Waals surface area contributed by atoms with Gasteiger partial charge >= 0.3 is 5.97 Å². The van der Waals surface area contributed by atoms with Crippen LogP contribution in [0.4, 0.5) is 0 Å². The Morgan fingerprint density at radius 1 is 0.764 bits per heavy atom. The van der Waals surface area contributed by atoms with Gasteiger partial charge in [-0.2, -0.15) is 25.3 Å². The minimum atomic E-state index is -1.82. The Kier molecular flexibility index (Phi) is 26.8. The number of carbonyl (C=O) groups is 10. The van der Waals surface area contributed by atoms with Gasteiger partial charge in [0.1, 0.15) is 60.3 Å². The average Bonchev–Trinajstić information content (AvgIpc) is 3.32. The number of esters is 1. The smallest absolute Gasteiger partial charge is 0.316 e. The number of aromatic hydroxyl groups is 1. The van der Waals surface area contributed by atoms with E-state index in [0.29, 0.717) is 5.56 Å². The van der Waals surface area contributed by atoms with Crippen molar-refractivity contribution in [2.45, 2.75) is 114 Å². The molecule has 2 rings (SSSR count). The number of primary amides is 1. The van der Waals surface area contributed by atoms with Crippen molar-refractivity contribution in [3.05, 3.63) is 29.8 Å². The van der Waals surface area contributed by atoms with Gasteiger partial charge in [-0.3, -0.25) is 47.9 Å². The van der Waals surface area contributed by atoms with Crippen LogP contribution >= 0.6 is 25.3 Å². The van der Waals surface area contributed by atoms with Crippen molar-refractivity contribution >= 4 is 84.4 Å². The normalized spacial score (nSPS) is 20.0. The number of nitrogens with two attached hydrogens (primary N) is 2. The van der Waals surface area contributed by atoms with Crippen LogP contribution in [0.15, 0.2) is 24.3 Å². The average molecular weight is 1060 g/mol. The second-order valence-corrected chi connectivity index (χ2v) is 17.9. The summed E-state index contributed by atoms with van der Waals surface area (Å²) < 4.78 is 17.0. The minimum Gasteiger partial charge on any atom is -0.508 e. The fraction of sp³-hybridized carbons (Fsp3) is 0.628. The molecule has 1 aliphatic rings. The van der Waals surface area contributed by atoms with Crippen LogP contribution in [0.25, 0.3) is 0 Å². The van der Waals surface area contributed by atoms with Gasteiger partial charge in [0.15, 0.2) is 12.4 Å². The van der Waals surface area contributed by atoms with E-state index < -0.39 is 176 Å². The molecule has 27 nitrogen and oxygen atoms in total. The summed E-state index contributed by atoms with van der Waals surface area (Å²) in [5.74, 6) is -10.8. The molecule has 404 valence electrons. The maximum absolute atomic E-state index is 14.2. The van der Waals surface area contributed by atoms with Crippen molar-refractivity contribution in [2.75, 3.05) is 44.4 Å². The number of phenolic OH excluding ortho intramolecular Hbond substituents is 1. The number of ether oxygens (including phenoxy) is 3. The Balaban J connectivity index is 2.47. The second kappa shape index (κ2) is 30.9. The highest BCUT2D eigenvalue weighted by atomic mass is 32.1. The van der Waals surface area contributed by atoms with Gasteiger partial charge in [0.25, 0.3) is 0 Å². The third-order valence-electron chi connectivity index (χ3n) is 10.6. The standard InChI is InChI=1S/C43H68N10O17S2/c1-19(2)10-24(49-42(67)33(20(3)4)53-30(58)12-44)39(64)51-27(16-68-43-34(47-21(5)56)36(70-32(60)18-72)35(61)29(15-55)69-43)41(66)52-28(17-71)38(63)46-13-31(59)48-25(11-22-6-8-23(57)9-7-22)40(65)50-26(14-54)37(45)62/h6-9,19-20,24-29,33-36,43,54-55,57,61,71-72H,10-18,44H2,1-5H3,(H2,45,62)(H,46,63)(H,47,56)(H,48,59)(H,49,67)(H,50,65)(H,51,64)(H,52,66)(H,53,58)/t24-,25-,26-,27-,28-,29+,33-,34+,35+,36+,43+/m0/s1. The largest absolute Gasteiger partial charge is 0.508 e. The van der Waals surface area contributed by atoms with Crippen LogP contribution in [0, 0.1) is 11.8 Å². The van der Waals surface area contributed by atoms with E-state index >= 15 is 0 Å². The molecule has 0 unspecified atom stereocenters. The summed E-state index contributed by atoms with van der Waals surface area (Å²) in [5.41, 5.74) is 11.1. The summed E-state index contributed by atoms with van der Waals surface area (Å²) in [6.07, 6.45) is -6.74. The molecule has 0 aromatic heterocycles. The van der Waals surface area contributed by atoms with Gasteiger partial charge in [-0.1, -0.05) is 39.8 Å². The minimum absolute atomic E-state index is 0.0125. The number of thiol groups is 2. The van der Waals surface area contributed by atoms with E-state index in [1.54, 1.807) is 27.7 Å². The zero-order valence-electron chi connectivity index (χ0n) is 40.3. The maximum Gasteiger partial charge on any atom is 0.316 e. The number of carbonyl (C=O) groups excluding carboxylic acids is 10. The highest BCUT2D eigenvalue weighted by Crippen LogP contribution is 2.25. The third-order valence-corrected chi connectivity index (χ3v) is 11.2. The van der Waals surface area contributed by atoms with Crippen LogP contribution < -0.4 is 54.0 Å². The number of benzene rings is 1. The van der Waals surface area contributed by atoms with E-state index in [1.807, 2.05) is 0 Å². The summed E-state index contributed by atoms with van der Waals surface area (Å²) in [5, 5.41) is 59.5. The summed E-state index contributed by atoms with van der Waals surface area (Å²) in [7, 11) is 0. The Bertz CT molecular complexity index is 2040. The van der Waals surface area contributed by atoms with E-state index in [4.69, 9.17) is 25.7 Å². The molecule has 0 bridgehead atoms. The van der Waals surface area contributed by atoms with E-state index in [2.05, 4.69) is 67.8 Å². The predicted molar refractivity (Wildman–Crippen MR) is 259 cm³/mol. The van der Waals surface area contributed by atoms with Gasteiger partial charge in [-0.05, 0) is 36.0 Å². The Hall–Kier alpha value is -5.82. The van der Waals surface area contributed by atoms with Crippen molar-refractivity contribution in [1.82, 2.24) is 42.5 Å². The van der Waals surface area contributed by atoms with Crippen LogP contribution in [0.3, 0.4) is 0 Å². The van der Waals surface area contributed by atoms with Crippen molar-refractivity contribution in [3.63, 3.8) is 0 Å². The molecule has 1 fully saturated rings. The van der Waals surface area contributed by atoms with Crippen LogP contribution in [-0.2, 0) is 68.6 Å². The number of phenols is 1. The van der Waals surface area contributed by atoms with Crippen molar-refractivity contribution in [1.29, 1.82) is 0 Å². The fourth-order valence-electron chi connectivity index (χ4n) is 6.86. The number of hydrogen-bond donors (Lipinski definition) is 16. The molecule has 1 aromatic rings. The molecule has 72 heavy (non-hydrogen) atoms. The lowest BCUT2D eigenvalue weighted by atomic mass is 9.96. The summed E-state index contributed by atoms with van der Waals surface area (Å²) >= 11 is 8.06. The van der Waals surface area contributed by atoms with E-state index in [-0.39, 0.29) is 24.5 Å². The monoisotopic (exact) mass is 1060 g/mol. The molecule has 1 heterocycles. The first-order valence-electron chi connectivity index (χ1n) is 22.6. The SMILES string of the molecule is CC(=O)N[C@H]1[C@H](OC[C@H](NC(=O)[C@H](CC(C)C)NC(=O)[C@@H](NC(=O)CN)C(C)C)C(=O)N[C@@H](CS)C(=O)NCC(=O)N[C@@H](Cc2ccc(O)cc2)C(=O)N[C@@H](CO)C(N)=O)O[C@H](CO)[C@@H](O)[C@@H]1OC(=O)CS. The zero-order chi connectivity index (χ0) is 54.4. The third kappa shape index (κ3) is 20.4. The first kappa shape index (κ1) is 62.3. The lowest BCUT2D eigenvalue weighted by Crippen LogP contribution is -2.66. The lowest BCUT2D eigenvalue weighted by molar-refractivity contribution is -0.274. The van der Waals surface area contributed by atoms with E-state index in [9.17, 15) is 68.4 Å². The number of nitrogens with one attached hydrogen (secondary N) is 8. The molecule has 0 saturated carbocycles. The molecular weight excluding hydrogens is 993 g/mol. The summed E-state index contributed by atoms with van der Waals surface area (Å²) in [6, 6.07) is -4.77. The number of aliphatic hydroxyl groups is 3. The number of amides is 9. The zero-order valence-corrected chi connectivity index (χ0v) is 42.1. The van der Waals surface area contributed by atoms with Crippen molar-refractivity contribution in [3.8, 4) is 5.75 Å². The predicted octanol–water partition coefficient (Wildman–Crippen LogP) is -6.53. The molecule has 16 N–H and O–H groups in total. The Labute approximate surface area is 425 Å². The van der Waals surface area contributed by atoms with Gasteiger partial charge in [-0.15, -0.1) is 0 Å². The van der Waals surface area contributed by atoms with Crippen LogP contribution in [0.1, 0.15) is 46.6 Å². The number of rotatable bonds is 29. The first-order chi connectivity index (χ1) is 33.9. The topological polar surface area (TPSA) is 428 Å². The van der Waals surface area contributed by atoms with Crippen LogP contribution in [0.2, 0.25) is 0 Å². The van der Waals surface area contributed by atoms with E-state index in [0.717, 1.165) is 6.92 Å². The molecule has 1 aromatic carbocycles. The molecule has 0 aliphatic carbocycles. The number of aliphatic hydroxyl groups excluding tert-OH is 3. The molecule has 0 radical (unpaired) electrons. The van der Waals surface area contributed by atoms with Gasteiger partial charge in [-0.25, -0.2) is 0 Å². The Morgan fingerprint density at radius 2 is 1.35 bits per heavy atom. The first-order valence-corrected chi connectivity index (χ1v) is 23.9. The fourth-order valence-corrected chi connectivity index (χ4v) is 7.20. The van der Waals surface area contributed by atoms with Crippen molar-refractivity contribution < 1.29 is 82.6 Å². The van der Waals surface area contributed by atoms with Gasteiger partial charge in [0.05, 0.1) is 38.7 Å². The Morgan fingerprint density at radius 3 is 1.88 bits per heavy atom. The molecule has 0 spiro atoms. The van der Waals surface area contributed by atoms with Crippen LogP contribution in [-0.4, -0.2) is 191 Å². The second-order valence-electron chi connectivity index (χ2n) is 17.2. The summed E-state index contributed by atoms with van der Waals surface area (Å²) in [6.45, 7) is 4.01. The van der Waals surface area contributed by atoms with E-state index in [1.165, 1.54) is 24.3 Å². The lowest BCUT2D eigenvalue weighted by Gasteiger charge is -2.43. The molecule has 1 aliphatic heterocycles. The van der Waals surface area contributed by atoms with Crippen LogP contribution in [0.5, 0.6) is 5.75 Å². The molecular formula is C43H68N10O17S2. The summed E-state index contributed by atoms with van der Waals surface area (Å²) in [4.78, 5) is 130. The highest BCUT2D eigenvalue weighted by Gasteiger charge is 2.49. The molecule has 9 amide bonds. The van der Waals surface area contributed by atoms with Gasteiger partial charge in [0.2, 0.25) is 53.2 Å². The molecule has 1 saturated heterocycles. The quantitative estimate of drug-likeness (QED) is 0.0262. The molecule has 29 heteroatoms. The van der Waals surface area contributed by atoms with Gasteiger partial charge < -0.3 is 88.6 Å². The molecule has 11 atom stereocenters.